The number of piperidine rings is 1. The van der Waals surface area contributed by atoms with Crippen molar-refractivity contribution in [2.75, 3.05) is 33.7 Å². The molecule has 0 radical (unpaired) electrons. The van der Waals surface area contributed by atoms with Crippen LogP contribution in [0.1, 0.15) is 26.2 Å². The normalized spacial score (nSPS) is 16.8. The van der Waals surface area contributed by atoms with Crippen LogP contribution in [-0.2, 0) is 4.79 Å². The summed E-state index contributed by atoms with van der Waals surface area (Å²) in [5.74, 6) is 0.687. The van der Waals surface area contributed by atoms with E-state index in [2.05, 4.69) is 12.2 Å². The van der Waals surface area contributed by atoms with E-state index >= 15 is 0 Å². The number of rotatable bonds is 3. The number of carbonyl (C=O) groups is 2. The molecule has 1 saturated heterocycles. The monoisotopic (exact) mass is 241 g/mol. The summed E-state index contributed by atoms with van der Waals surface area (Å²) in [7, 11) is 3.36. The van der Waals surface area contributed by atoms with Crippen molar-refractivity contribution < 1.29 is 9.59 Å². The van der Waals surface area contributed by atoms with Crippen LogP contribution in [0.15, 0.2) is 0 Å². The highest BCUT2D eigenvalue weighted by Gasteiger charge is 2.22. The van der Waals surface area contributed by atoms with Gasteiger partial charge in [-0.05, 0) is 18.8 Å². The minimum absolute atomic E-state index is 0.0306. The van der Waals surface area contributed by atoms with Gasteiger partial charge in [-0.25, -0.2) is 4.79 Å². The third-order valence-electron chi connectivity index (χ3n) is 3.33. The Morgan fingerprint density at radius 2 is 1.94 bits per heavy atom. The smallest absolute Gasteiger partial charge is 0.319 e. The predicted molar refractivity (Wildman–Crippen MR) is 66.7 cm³/mol. The lowest BCUT2D eigenvalue weighted by Crippen LogP contribution is -2.45. The van der Waals surface area contributed by atoms with Gasteiger partial charge >= 0.3 is 6.03 Å². The van der Waals surface area contributed by atoms with Crippen molar-refractivity contribution in [3.05, 3.63) is 0 Å². The average Bonchev–Trinajstić information content (AvgIpc) is 2.35. The number of hydrogen-bond donors (Lipinski definition) is 1. The van der Waals surface area contributed by atoms with Crippen molar-refractivity contribution in [1.29, 1.82) is 0 Å². The lowest BCUT2D eigenvalue weighted by Gasteiger charge is -2.33. The zero-order chi connectivity index (χ0) is 12.8. The third-order valence-corrected chi connectivity index (χ3v) is 3.33. The van der Waals surface area contributed by atoms with Gasteiger partial charge in [0.05, 0.1) is 0 Å². The molecule has 0 unspecified atom stereocenters. The van der Waals surface area contributed by atoms with Gasteiger partial charge in [0.15, 0.2) is 0 Å². The SMILES string of the molecule is CNC(=O)CCN(C)C(=O)N1CCC(C)CC1. The lowest BCUT2D eigenvalue weighted by atomic mass is 10.00. The van der Waals surface area contributed by atoms with E-state index in [0.29, 0.717) is 13.0 Å². The molecule has 5 heteroatoms. The maximum Gasteiger partial charge on any atom is 0.319 e. The second-order valence-electron chi connectivity index (χ2n) is 4.80. The molecule has 0 atom stereocenters. The summed E-state index contributed by atoms with van der Waals surface area (Å²) in [6.07, 6.45) is 2.52. The summed E-state index contributed by atoms with van der Waals surface area (Å²) in [4.78, 5) is 26.6. The minimum atomic E-state index is -0.0306. The molecule has 1 rings (SSSR count). The molecule has 1 aliphatic heterocycles. The van der Waals surface area contributed by atoms with Gasteiger partial charge in [0.25, 0.3) is 0 Å². The Morgan fingerprint density at radius 1 is 1.35 bits per heavy atom. The van der Waals surface area contributed by atoms with Crippen LogP contribution < -0.4 is 5.32 Å². The van der Waals surface area contributed by atoms with Gasteiger partial charge in [-0.3, -0.25) is 4.79 Å². The van der Waals surface area contributed by atoms with E-state index in [9.17, 15) is 9.59 Å². The number of urea groups is 1. The van der Waals surface area contributed by atoms with E-state index in [-0.39, 0.29) is 11.9 Å². The molecule has 17 heavy (non-hydrogen) atoms. The highest BCUT2D eigenvalue weighted by Crippen LogP contribution is 2.16. The van der Waals surface area contributed by atoms with Crippen molar-refractivity contribution in [2.45, 2.75) is 26.2 Å². The molecule has 5 nitrogen and oxygen atoms in total. The number of likely N-dealkylation sites (tertiary alicyclic amines) is 1. The van der Waals surface area contributed by atoms with Crippen molar-refractivity contribution in [1.82, 2.24) is 15.1 Å². The second-order valence-corrected chi connectivity index (χ2v) is 4.80. The molecule has 0 bridgehead atoms. The molecule has 0 aromatic carbocycles. The Bertz CT molecular complexity index is 273. The lowest BCUT2D eigenvalue weighted by molar-refractivity contribution is -0.120. The molecule has 1 N–H and O–H groups in total. The van der Waals surface area contributed by atoms with E-state index in [1.54, 1.807) is 19.0 Å². The molecule has 0 spiro atoms. The first-order chi connectivity index (χ1) is 8.04. The number of nitrogens with zero attached hydrogens (tertiary/aromatic N) is 2. The fourth-order valence-corrected chi connectivity index (χ4v) is 1.93. The fourth-order valence-electron chi connectivity index (χ4n) is 1.93. The van der Waals surface area contributed by atoms with Crippen molar-refractivity contribution in [2.24, 2.45) is 5.92 Å². The molecule has 1 fully saturated rings. The van der Waals surface area contributed by atoms with Crippen LogP contribution in [-0.4, -0.2) is 55.5 Å². The van der Waals surface area contributed by atoms with Crippen LogP contribution in [0.5, 0.6) is 0 Å². The van der Waals surface area contributed by atoms with Gasteiger partial charge < -0.3 is 15.1 Å². The number of amides is 3. The Hall–Kier alpha value is -1.26. The predicted octanol–water partition coefficient (Wildman–Crippen LogP) is 0.906. The van der Waals surface area contributed by atoms with E-state index < -0.39 is 0 Å². The van der Waals surface area contributed by atoms with E-state index in [4.69, 9.17) is 0 Å². The second kappa shape index (κ2) is 6.47. The number of carbonyl (C=O) groups excluding carboxylic acids is 2. The van der Waals surface area contributed by atoms with Crippen molar-refractivity contribution in [3.63, 3.8) is 0 Å². The van der Waals surface area contributed by atoms with Crippen LogP contribution in [0.2, 0.25) is 0 Å². The molecule has 3 amide bonds. The molecular formula is C12H23N3O2. The number of nitrogens with one attached hydrogen (secondary N) is 1. The molecular weight excluding hydrogens is 218 g/mol. The summed E-state index contributed by atoms with van der Waals surface area (Å²) in [5, 5.41) is 2.55. The quantitative estimate of drug-likeness (QED) is 0.798. The number of hydrogen-bond acceptors (Lipinski definition) is 2. The van der Waals surface area contributed by atoms with Crippen molar-refractivity contribution >= 4 is 11.9 Å². The zero-order valence-corrected chi connectivity index (χ0v) is 11.0. The molecule has 1 aliphatic rings. The topological polar surface area (TPSA) is 52.7 Å². The molecule has 0 aromatic rings. The van der Waals surface area contributed by atoms with Gasteiger partial charge in [-0.2, -0.15) is 0 Å². The van der Waals surface area contributed by atoms with Gasteiger partial charge in [0.1, 0.15) is 0 Å². The Morgan fingerprint density at radius 3 is 2.47 bits per heavy atom. The fraction of sp³-hybridized carbons (Fsp3) is 0.833. The molecule has 98 valence electrons. The van der Waals surface area contributed by atoms with Crippen LogP contribution in [0.25, 0.3) is 0 Å². The summed E-state index contributed by atoms with van der Waals surface area (Å²) in [6, 6.07) is 0.0424. The summed E-state index contributed by atoms with van der Waals surface area (Å²) < 4.78 is 0. The first-order valence-electron chi connectivity index (χ1n) is 6.25. The summed E-state index contributed by atoms with van der Waals surface area (Å²) in [6.45, 7) is 4.37. The molecule has 0 aromatic heterocycles. The van der Waals surface area contributed by atoms with Crippen LogP contribution in [0.4, 0.5) is 4.79 Å². The minimum Gasteiger partial charge on any atom is -0.359 e. The highest BCUT2D eigenvalue weighted by molar-refractivity contribution is 5.78. The average molecular weight is 241 g/mol. The summed E-state index contributed by atoms with van der Waals surface area (Å²) in [5.41, 5.74) is 0. The van der Waals surface area contributed by atoms with Gasteiger partial charge in [-0.15, -0.1) is 0 Å². The van der Waals surface area contributed by atoms with Crippen molar-refractivity contribution in [3.8, 4) is 0 Å². The first-order valence-corrected chi connectivity index (χ1v) is 6.25. The van der Waals surface area contributed by atoms with E-state index in [1.165, 1.54) is 0 Å². The van der Waals surface area contributed by atoms with Crippen LogP contribution >= 0.6 is 0 Å². The van der Waals surface area contributed by atoms with Crippen LogP contribution in [0.3, 0.4) is 0 Å². The molecule has 1 heterocycles. The van der Waals surface area contributed by atoms with Gasteiger partial charge in [-0.1, -0.05) is 6.92 Å². The van der Waals surface area contributed by atoms with Gasteiger partial charge in [0, 0.05) is 40.2 Å². The standard InChI is InChI=1S/C12H23N3O2/c1-10-4-8-15(9-5-10)12(17)14(3)7-6-11(16)13-2/h10H,4-9H2,1-3H3,(H,13,16). The van der Waals surface area contributed by atoms with E-state index in [0.717, 1.165) is 31.8 Å². The molecule has 0 saturated carbocycles. The van der Waals surface area contributed by atoms with Crippen LogP contribution in [0, 0.1) is 5.92 Å². The first kappa shape index (κ1) is 13.8. The Balaban J connectivity index is 2.33. The highest BCUT2D eigenvalue weighted by atomic mass is 16.2. The third kappa shape index (κ3) is 4.24. The molecule has 0 aliphatic carbocycles. The Kier molecular flexibility index (Phi) is 5.25. The van der Waals surface area contributed by atoms with E-state index in [1.807, 2.05) is 4.90 Å². The zero-order valence-electron chi connectivity index (χ0n) is 11.0. The largest absolute Gasteiger partial charge is 0.359 e. The summed E-state index contributed by atoms with van der Waals surface area (Å²) >= 11 is 0. The maximum atomic E-state index is 12.0. The maximum absolute atomic E-state index is 12.0. The Labute approximate surface area is 103 Å². The van der Waals surface area contributed by atoms with Gasteiger partial charge in [0.2, 0.25) is 5.91 Å².